The number of halogens is 4. The van der Waals surface area contributed by atoms with Crippen LogP contribution in [0.5, 0.6) is 0 Å². The Balaban J connectivity index is 1.70. The van der Waals surface area contributed by atoms with E-state index in [0.29, 0.717) is 25.2 Å². The van der Waals surface area contributed by atoms with Crippen LogP contribution in [0.15, 0.2) is 24.3 Å². The van der Waals surface area contributed by atoms with Crippen LogP contribution < -0.4 is 0 Å². The summed E-state index contributed by atoms with van der Waals surface area (Å²) in [5.74, 6) is -2.23. The highest BCUT2D eigenvalue weighted by Crippen LogP contribution is 2.19. The smallest absolute Gasteiger partial charge is 0.461 e. The van der Waals surface area contributed by atoms with Crippen LogP contribution in [0.2, 0.25) is 0 Å². The van der Waals surface area contributed by atoms with Crippen molar-refractivity contribution in [1.29, 1.82) is 0 Å². The Morgan fingerprint density at radius 3 is 2.21 bits per heavy atom. The summed E-state index contributed by atoms with van der Waals surface area (Å²) in [6.07, 6.45) is -4.83. The van der Waals surface area contributed by atoms with Gasteiger partial charge >= 0.3 is 18.1 Å². The van der Waals surface area contributed by atoms with Gasteiger partial charge in [-0.3, -0.25) is 9.69 Å². The zero-order valence-corrected chi connectivity index (χ0v) is 14.8. The van der Waals surface area contributed by atoms with E-state index in [1.807, 2.05) is 4.90 Å². The molecule has 24 heavy (non-hydrogen) atoms. The number of rotatable bonds is 4. The second-order valence-corrected chi connectivity index (χ2v) is 6.52. The molecule has 1 aliphatic heterocycles. The van der Waals surface area contributed by atoms with Crippen molar-refractivity contribution < 1.29 is 27.5 Å². The lowest BCUT2D eigenvalue weighted by molar-refractivity contribution is -0.187. The number of hydrogen-bond donors (Lipinski definition) is 0. The highest BCUT2D eigenvalue weighted by molar-refractivity contribution is 14.1. The molecule has 0 N–H and O–H groups in total. The fraction of sp³-hybridized carbons (Fsp3) is 0.467. The Bertz CT molecular complexity index is 585. The van der Waals surface area contributed by atoms with Gasteiger partial charge in [-0.2, -0.15) is 13.2 Å². The summed E-state index contributed by atoms with van der Waals surface area (Å²) in [5.41, 5.74) is 0.455. The van der Waals surface area contributed by atoms with Crippen molar-refractivity contribution >= 4 is 34.5 Å². The average molecular weight is 456 g/mol. The van der Waals surface area contributed by atoms with Crippen LogP contribution in [0.4, 0.5) is 13.2 Å². The third-order valence-corrected chi connectivity index (χ3v) is 4.34. The molecule has 9 heteroatoms. The van der Waals surface area contributed by atoms with E-state index in [1.54, 1.807) is 24.3 Å². The molecule has 0 atom stereocenters. The largest absolute Gasteiger partial charge is 0.471 e. The Morgan fingerprint density at radius 1 is 1.08 bits per heavy atom. The highest BCUT2D eigenvalue weighted by Gasteiger charge is 2.43. The van der Waals surface area contributed by atoms with Gasteiger partial charge in [-0.1, -0.05) is 0 Å². The topological polar surface area (TPSA) is 49.9 Å². The molecule has 1 heterocycles. The van der Waals surface area contributed by atoms with E-state index in [4.69, 9.17) is 4.74 Å². The summed E-state index contributed by atoms with van der Waals surface area (Å²) in [6, 6.07) is 6.94. The predicted molar refractivity (Wildman–Crippen MR) is 88.5 cm³/mol. The van der Waals surface area contributed by atoms with Gasteiger partial charge in [0, 0.05) is 36.3 Å². The number of hydrogen-bond acceptors (Lipinski definition) is 4. The van der Waals surface area contributed by atoms with E-state index in [2.05, 4.69) is 22.6 Å². The first-order valence-corrected chi connectivity index (χ1v) is 8.36. The lowest BCUT2D eigenvalue weighted by atomic mass is 10.2. The Kier molecular flexibility index (Phi) is 6.44. The van der Waals surface area contributed by atoms with Crippen molar-refractivity contribution in [2.24, 2.45) is 0 Å². The van der Waals surface area contributed by atoms with Crippen LogP contribution in [-0.2, 0) is 9.53 Å². The quantitative estimate of drug-likeness (QED) is 0.515. The maximum absolute atomic E-state index is 12.3. The number of benzene rings is 1. The van der Waals surface area contributed by atoms with E-state index in [0.717, 1.165) is 8.47 Å². The molecule has 1 amide bonds. The minimum Gasteiger partial charge on any atom is -0.461 e. The number of carbonyl (C=O) groups is 2. The fourth-order valence-corrected chi connectivity index (χ4v) is 2.65. The number of ether oxygens (including phenoxy) is 1. The summed E-state index contributed by atoms with van der Waals surface area (Å²) < 4.78 is 43.2. The van der Waals surface area contributed by atoms with E-state index < -0.39 is 18.1 Å². The van der Waals surface area contributed by atoms with E-state index in [-0.39, 0.29) is 19.7 Å². The van der Waals surface area contributed by atoms with Crippen LogP contribution in [0.1, 0.15) is 10.4 Å². The van der Waals surface area contributed by atoms with Gasteiger partial charge in [0.25, 0.3) is 0 Å². The number of nitrogens with zero attached hydrogens (tertiary/aromatic N) is 2. The Labute approximate surface area is 150 Å². The van der Waals surface area contributed by atoms with Crippen molar-refractivity contribution in [3.05, 3.63) is 33.4 Å². The normalized spacial score (nSPS) is 16.1. The molecule has 0 aromatic heterocycles. The summed E-state index contributed by atoms with van der Waals surface area (Å²) in [5, 5.41) is 0. The molecule has 5 nitrogen and oxygen atoms in total. The van der Waals surface area contributed by atoms with Gasteiger partial charge in [-0.05, 0) is 46.9 Å². The van der Waals surface area contributed by atoms with Crippen molar-refractivity contribution in [3.63, 3.8) is 0 Å². The third-order valence-electron chi connectivity index (χ3n) is 3.62. The first kappa shape index (κ1) is 19.0. The van der Waals surface area contributed by atoms with Gasteiger partial charge in [0.15, 0.2) is 0 Å². The van der Waals surface area contributed by atoms with E-state index in [1.165, 1.54) is 0 Å². The van der Waals surface area contributed by atoms with Gasteiger partial charge < -0.3 is 9.64 Å². The zero-order chi connectivity index (χ0) is 17.7. The number of alkyl halides is 3. The monoisotopic (exact) mass is 456 g/mol. The maximum atomic E-state index is 12.3. The Morgan fingerprint density at radius 2 is 1.67 bits per heavy atom. The highest BCUT2D eigenvalue weighted by atomic mass is 127. The molecule has 0 radical (unpaired) electrons. The van der Waals surface area contributed by atoms with Crippen LogP contribution in [0, 0.1) is 3.57 Å². The summed E-state index contributed by atoms with van der Waals surface area (Å²) in [7, 11) is 0. The minimum absolute atomic E-state index is 0.0173. The van der Waals surface area contributed by atoms with Crippen molar-refractivity contribution in [2.75, 3.05) is 39.3 Å². The molecule has 1 fully saturated rings. The molecule has 1 aromatic carbocycles. The molecular formula is C15H16F3IN2O3. The van der Waals surface area contributed by atoms with Crippen molar-refractivity contribution in [1.82, 2.24) is 9.80 Å². The first-order valence-electron chi connectivity index (χ1n) is 7.28. The second kappa shape index (κ2) is 8.15. The van der Waals surface area contributed by atoms with Crippen molar-refractivity contribution in [2.45, 2.75) is 6.18 Å². The van der Waals surface area contributed by atoms with Crippen LogP contribution in [0.3, 0.4) is 0 Å². The number of amides is 1. The van der Waals surface area contributed by atoms with Crippen molar-refractivity contribution in [3.8, 4) is 0 Å². The molecule has 0 bridgehead atoms. The molecule has 1 aromatic rings. The van der Waals surface area contributed by atoms with E-state index in [9.17, 15) is 22.8 Å². The number of carbonyl (C=O) groups excluding carboxylic acids is 2. The average Bonchev–Trinajstić information content (AvgIpc) is 2.54. The van der Waals surface area contributed by atoms with E-state index >= 15 is 0 Å². The van der Waals surface area contributed by atoms with Crippen LogP contribution in [0.25, 0.3) is 0 Å². The van der Waals surface area contributed by atoms with Gasteiger partial charge in [0.1, 0.15) is 6.61 Å². The molecule has 1 aliphatic rings. The molecule has 2 rings (SSSR count). The standard InChI is InChI=1S/C15H16F3IN2O3/c16-15(17,18)14(23)21-7-5-20(6-8-21)9-10-24-13(22)11-1-3-12(19)4-2-11/h1-4H,5-10H2. The number of esters is 1. The summed E-state index contributed by atoms with van der Waals surface area (Å²) >= 11 is 2.13. The van der Waals surface area contributed by atoms with Gasteiger partial charge in [0.2, 0.25) is 0 Å². The molecule has 132 valence electrons. The molecule has 0 saturated carbocycles. The molecule has 0 unspecified atom stereocenters. The van der Waals surface area contributed by atoms with Crippen LogP contribution in [-0.4, -0.2) is 67.2 Å². The second-order valence-electron chi connectivity index (χ2n) is 5.27. The van der Waals surface area contributed by atoms with Gasteiger partial charge in [0.05, 0.1) is 5.56 Å². The molecule has 0 aliphatic carbocycles. The predicted octanol–water partition coefficient (Wildman–Crippen LogP) is 2.15. The minimum atomic E-state index is -4.83. The Hall–Kier alpha value is -1.36. The summed E-state index contributed by atoms with van der Waals surface area (Å²) in [6.45, 7) is 1.25. The SMILES string of the molecule is O=C(OCCN1CCN(C(=O)C(F)(F)F)CC1)c1ccc(I)cc1. The molecule has 1 saturated heterocycles. The van der Waals surface area contributed by atoms with Crippen LogP contribution >= 0.6 is 22.6 Å². The third kappa shape index (κ3) is 5.33. The fourth-order valence-electron chi connectivity index (χ4n) is 2.29. The first-order chi connectivity index (χ1) is 11.3. The number of piperazine rings is 1. The maximum Gasteiger partial charge on any atom is 0.471 e. The van der Waals surface area contributed by atoms with Gasteiger partial charge in [-0.25, -0.2) is 4.79 Å². The zero-order valence-electron chi connectivity index (χ0n) is 12.7. The van der Waals surface area contributed by atoms with Gasteiger partial charge in [-0.15, -0.1) is 0 Å². The molecule has 0 spiro atoms. The lowest BCUT2D eigenvalue weighted by Gasteiger charge is -2.34. The molecular weight excluding hydrogens is 440 g/mol. The lowest BCUT2D eigenvalue weighted by Crippen LogP contribution is -2.52. The summed E-state index contributed by atoms with van der Waals surface area (Å²) in [4.78, 5) is 25.6.